The minimum atomic E-state index is -0.0598. The smallest absolute Gasteiger partial charge is 0.146 e. The largest absolute Gasteiger partial charge is 0.320 e. The molecule has 0 bridgehead atoms. The van der Waals surface area contributed by atoms with Gasteiger partial charge in [0, 0.05) is 26.7 Å². The molecule has 6 heteroatoms. The maximum absolute atomic E-state index is 8.98. The van der Waals surface area contributed by atoms with E-state index in [4.69, 9.17) is 5.26 Å². The third-order valence-electron chi connectivity index (χ3n) is 2.65. The molecule has 1 saturated heterocycles. The number of nitriles is 1. The van der Waals surface area contributed by atoms with Crippen molar-refractivity contribution in [3.63, 3.8) is 0 Å². The molecular weight excluding hydrogens is 192 g/mol. The van der Waals surface area contributed by atoms with Gasteiger partial charge < -0.3 is 9.88 Å². The Morgan fingerprint density at radius 1 is 1.73 bits per heavy atom. The van der Waals surface area contributed by atoms with Crippen LogP contribution in [0.4, 0.5) is 0 Å². The first kappa shape index (κ1) is 10.1. The average molecular weight is 206 g/mol. The van der Waals surface area contributed by atoms with Gasteiger partial charge in [0.15, 0.2) is 0 Å². The van der Waals surface area contributed by atoms with Crippen molar-refractivity contribution in [1.82, 2.24) is 25.0 Å². The lowest BCUT2D eigenvalue weighted by Crippen LogP contribution is -2.50. The molecule has 80 valence electrons. The zero-order valence-electron chi connectivity index (χ0n) is 8.72. The second kappa shape index (κ2) is 4.38. The van der Waals surface area contributed by atoms with Crippen molar-refractivity contribution in [3.8, 4) is 6.07 Å². The van der Waals surface area contributed by atoms with E-state index >= 15 is 0 Å². The number of aromatic nitrogens is 3. The normalized spacial score (nSPS) is 22.5. The Balaban J connectivity index is 2.04. The number of hydrogen-bond donors (Lipinski definition) is 1. The van der Waals surface area contributed by atoms with Crippen molar-refractivity contribution >= 4 is 0 Å². The van der Waals surface area contributed by atoms with Gasteiger partial charge >= 0.3 is 0 Å². The van der Waals surface area contributed by atoms with Gasteiger partial charge in [-0.2, -0.15) is 5.26 Å². The Bertz CT molecular complexity index is 365. The maximum Gasteiger partial charge on any atom is 0.146 e. The Hall–Kier alpha value is -1.45. The summed E-state index contributed by atoms with van der Waals surface area (Å²) >= 11 is 0. The number of aryl methyl sites for hydroxylation is 1. The van der Waals surface area contributed by atoms with Crippen LogP contribution < -0.4 is 5.32 Å². The lowest BCUT2D eigenvalue weighted by atomic mass is 10.2. The number of rotatable bonds is 2. The Kier molecular flexibility index (Phi) is 2.94. The molecule has 1 N–H and O–H groups in total. The van der Waals surface area contributed by atoms with Gasteiger partial charge in [-0.15, -0.1) is 10.2 Å². The predicted molar refractivity (Wildman–Crippen MR) is 53.7 cm³/mol. The van der Waals surface area contributed by atoms with E-state index < -0.39 is 0 Å². The van der Waals surface area contributed by atoms with Gasteiger partial charge in [0.1, 0.15) is 18.2 Å². The van der Waals surface area contributed by atoms with Crippen LogP contribution in [-0.2, 0) is 13.6 Å². The maximum atomic E-state index is 8.98. The van der Waals surface area contributed by atoms with Gasteiger partial charge in [-0.05, 0) is 0 Å². The Morgan fingerprint density at radius 3 is 3.27 bits per heavy atom. The Morgan fingerprint density at radius 2 is 2.60 bits per heavy atom. The van der Waals surface area contributed by atoms with Crippen molar-refractivity contribution in [3.05, 3.63) is 12.2 Å². The molecule has 1 aliphatic rings. The van der Waals surface area contributed by atoms with Crippen LogP contribution in [0.15, 0.2) is 6.33 Å². The first-order valence-electron chi connectivity index (χ1n) is 4.98. The summed E-state index contributed by atoms with van der Waals surface area (Å²) in [5, 5.41) is 20.0. The molecule has 0 spiro atoms. The molecule has 0 aromatic carbocycles. The summed E-state index contributed by atoms with van der Waals surface area (Å²) in [6.07, 6.45) is 1.68. The van der Waals surface area contributed by atoms with Crippen molar-refractivity contribution in [2.75, 3.05) is 19.6 Å². The highest BCUT2D eigenvalue weighted by atomic mass is 15.3. The molecule has 2 rings (SSSR count). The van der Waals surface area contributed by atoms with Gasteiger partial charge in [-0.3, -0.25) is 4.90 Å². The zero-order valence-corrected chi connectivity index (χ0v) is 8.72. The van der Waals surface area contributed by atoms with Crippen LogP contribution in [0.1, 0.15) is 5.82 Å². The fourth-order valence-electron chi connectivity index (χ4n) is 1.69. The van der Waals surface area contributed by atoms with E-state index in [9.17, 15) is 0 Å². The average Bonchev–Trinajstić information content (AvgIpc) is 2.65. The van der Waals surface area contributed by atoms with Crippen LogP contribution in [0.3, 0.4) is 0 Å². The second-order valence-corrected chi connectivity index (χ2v) is 3.68. The first-order chi connectivity index (χ1) is 7.31. The predicted octanol–water partition coefficient (Wildman–Crippen LogP) is -0.888. The monoisotopic (exact) mass is 206 g/mol. The van der Waals surface area contributed by atoms with Crippen molar-refractivity contribution in [1.29, 1.82) is 5.26 Å². The molecule has 1 fully saturated rings. The second-order valence-electron chi connectivity index (χ2n) is 3.68. The summed E-state index contributed by atoms with van der Waals surface area (Å²) in [6, 6.07) is 2.23. The van der Waals surface area contributed by atoms with Gasteiger partial charge in [-0.1, -0.05) is 0 Å². The van der Waals surface area contributed by atoms with Crippen molar-refractivity contribution in [2.24, 2.45) is 7.05 Å². The molecule has 0 amide bonds. The van der Waals surface area contributed by atoms with Crippen LogP contribution in [0.25, 0.3) is 0 Å². The minimum Gasteiger partial charge on any atom is -0.320 e. The fourth-order valence-corrected chi connectivity index (χ4v) is 1.69. The topological polar surface area (TPSA) is 69.8 Å². The fraction of sp³-hybridized carbons (Fsp3) is 0.667. The van der Waals surface area contributed by atoms with Gasteiger partial charge in [0.05, 0.1) is 12.6 Å². The standard InChI is InChI=1S/C9H14N6/c1-14-7-12-13-9(14)6-15-3-2-11-5-8(15)4-10/h7-8,11H,2-3,5-6H2,1H3. The molecule has 1 aromatic heterocycles. The van der Waals surface area contributed by atoms with E-state index in [1.165, 1.54) is 0 Å². The minimum absolute atomic E-state index is 0.0598. The highest BCUT2D eigenvalue weighted by molar-refractivity contribution is 4.98. The van der Waals surface area contributed by atoms with E-state index in [0.717, 1.165) is 25.5 Å². The van der Waals surface area contributed by atoms with Crippen LogP contribution in [0.5, 0.6) is 0 Å². The lowest BCUT2D eigenvalue weighted by Gasteiger charge is -2.31. The lowest BCUT2D eigenvalue weighted by molar-refractivity contribution is 0.183. The molecule has 1 unspecified atom stereocenters. The number of hydrogen-bond acceptors (Lipinski definition) is 5. The van der Waals surface area contributed by atoms with Crippen molar-refractivity contribution in [2.45, 2.75) is 12.6 Å². The highest BCUT2D eigenvalue weighted by Gasteiger charge is 2.22. The molecule has 1 atom stereocenters. The van der Waals surface area contributed by atoms with E-state index in [0.29, 0.717) is 6.54 Å². The molecule has 15 heavy (non-hydrogen) atoms. The van der Waals surface area contributed by atoms with E-state index in [2.05, 4.69) is 26.5 Å². The summed E-state index contributed by atoms with van der Waals surface area (Å²) in [4.78, 5) is 2.13. The van der Waals surface area contributed by atoms with Crippen LogP contribution in [0.2, 0.25) is 0 Å². The Labute approximate surface area is 88.5 Å². The summed E-state index contributed by atoms with van der Waals surface area (Å²) in [7, 11) is 1.92. The van der Waals surface area contributed by atoms with Gasteiger partial charge in [0.25, 0.3) is 0 Å². The summed E-state index contributed by atoms with van der Waals surface area (Å²) in [5.41, 5.74) is 0. The highest BCUT2D eigenvalue weighted by Crippen LogP contribution is 2.07. The van der Waals surface area contributed by atoms with E-state index in [-0.39, 0.29) is 6.04 Å². The third kappa shape index (κ3) is 2.14. The summed E-state index contributed by atoms with van der Waals surface area (Å²) < 4.78 is 1.89. The summed E-state index contributed by atoms with van der Waals surface area (Å²) in [6.45, 7) is 3.23. The molecule has 6 nitrogen and oxygen atoms in total. The molecule has 0 saturated carbocycles. The van der Waals surface area contributed by atoms with E-state index in [1.54, 1.807) is 6.33 Å². The summed E-state index contributed by atoms with van der Waals surface area (Å²) in [5.74, 6) is 0.900. The SMILES string of the molecule is Cn1cnnc1CN1CCNCC1C#N. The molecular formula is C9H14N6. The molecule has 1 aromatic rings. The van der Waals surface area contributed by atoms with Crippen LogP contribution in [-0.4, -0.2) is 45.3 Å². The number of piperazine rings is 1. The molecule has 0 radical (unpaired) electrons. The van der Waals surface area contributed by atoms with Gasteiger partial charge in [-0.25, -0.2) is 0 Å². The quantitative estimate of drug-likeness (QED) is 0.680. The first-order valence-corrected chi connectivity index (χ1v) is 4.98. The molecule has 1 aliphatic heterocycles. The number of nitrogens with zero attached hydrogens (tertiary/aromatic N) is 5. The third-order valence-corrected chi connectivity index (χ3v) is 2.65. The van der Waals surface area contributed by atoms with Crippen molar-refractivity contribution < 1.29 is 0 Å². The van der Waals surface area contributed by atoms with Gasteiger partial charge in [0.2, 0.25) is 0 Å². The zero-order chi connectivity index (χ0) is 10.7. The van der Waals surface area contributed by atoms with E-state index in [1.807, 2.05) is 11.6 Å². The van der Waals surface area contributed by atoms with Crippen LogP contribution >= 0.6 is 0 Å². The molecule has 2 heterocycles. The molecule has 0 aliphatic carbocycles. The van der Waals surface area contributed by atoms with Crippen LogP contribution in [0, 0.1) is 11.3 Å². The number of nitrogens with one attached hydrogen (secondary N) is 1.